The van der Waals surface area contributed by atoms with E-state index in [1.807, 2.05) is 0 Å². The van der Waals surface area contributed by atoms with Gasteiger partial charge >= 0.3 is 0 Å². The van der Waals surface area contributed by atoms with Crippen LogP contribution in [-0.4, -0.2) is 18.0 Å². The first-order chi connectivity index (χ1) is 12.4. The van der Waals surface area contributed by atoms with Crippen LogP contribution in [0.4, 0.5) is 0 Å². The van der Waals surface area contributed by atoms with E-state index in [4.69, 9.17) is 5.26 Å². The second kappa shape index (κ2) is 9.39. The van der Waals surface area contributed by atoms with Crippen LogP contribution < -0.4 is 0 Å². The van der Waals surface area contributed by atoms with Crippen molar-refractivity contribution in [3.63, 3.8) is 0 Å². The van der Waals surface area contributed by atoms with Crippen LogP contribution in [0.1, 0.15) is 55.7 Å². The third-order valence-electron chi connectivity index (χ3n) is 5.40. The third-order valence-corrected chi connectivity index (χ3v) is 5.40. The maximum absolute atomic E-state index is 8.66. The summed E-state index contributed by atoms with van der Waals surface area (Å²) in [7, 11) is 0. The van der Waals surface area contributed by atoms with E-state index in [1.165, 1.54) is 36.8 Å². The average Bonchev–Trinajstić information content (AvgIpc) is 2.68. The van der Waals surface area contributed by atoms with E-state index in [-0.39, 0.29) is 0 Å². The van der Waals surface area contributed by atoms with Crippen molar-refractivity contribution in [3.05, 3.63) is 71.8 Å². The van der Waals surface area contributed by atoms with Crippen molar-refractivity contribution >= 4 is 0 Å². The smallest absolute Gasteiger partial charge is 0.0621 e. The van der Waals surface area contributed by atoms with Crippen molar-refractivity contribution in [1.29, 1.82) is 5.26 Å². The van der Waals surface area contributed by atoms with E-state index in [0.29, 0.717) is 12.5 Å². The molecule has 0 N–H and O–H groups in total. The van der Waals surface area contributed by atoms with Crippen LogP contribution in [0.15, 0.2) is 60.7 Å². The minimum Gasteiger partial charge on any atom is -0.292 e. The predicted molar refractivity (Wildman–Crippen MR) is 103 cm³/mol. The molecule has 0 unspecified atom stereocenters. The molecule has 1 fully saturated rings. The van der Waals surface area contributed by atoms with Gasteiger partial charge in [0.25, 0.3) is 0 Å². The highest BCUT2D eigenvalue weighted by Gasteiger charge is 2.26. The molecular weight excluding hydrogens is 304 g/mol. The Morgan fingerprint density at radius 1 is 0.880 bits per heavy atom. The monoisotopic (exact) mass is 332 g/mol. The highest BCUT2D eigenvalue weighted by Crippen LogP contribution is 2.33. The Balaban J connectivity index is 1.65. The lowest BCUT2D eigenvalue weighted by atomic mass is 9.88. The molecule has 0 amide bonds. The van der Waals surface area contributed by atoms with Crippen LogP contribution in [0.5, 0.6) is 0 Å². The van der Waals surface area contributed by atoms with Gasteiger partial charge in [-0.2, -0.15) is 5.26 Å². The Morgan fingerprint density at radius 3 is 1.96 bits per heavy atom. The van der Waals surface area contributed by atoms with E-state index in [2.05, 4.69) is 71.6 Å². The van der Waals surface area contributed by atoms with Gasteiger partial charge in [0.1, 0.15) is 0 Å². The number of hydrogen-bond donors (Lipinski definition) is 0. The Morgan fingerprint density at radius 2 is 1.44 bits per heavy atom. The van der Waals surface area contributed by atoms with Gasteiger partial charge in [0.15, 0.2) is 0 Å². The molecule has 2 nitrogen and oxygen atoms in total. The fraction of sp³-hybridized carbons (Fsp3) is 0.435. The molecule has 0 bridgehead atoms. The van der Waals surface area contributed by atoms with Crippen LogP contribution in [0, 0.1) is 17.2 Å². The number of rotatable bonds is 7. The summed E-state index contributed by atoms with van der Waals surface area (Å²) in [5.41, 5.74) is 2.78. The number of hydrogen-bond acceptors (Lipinski definition) is 2. The van der Waals surface area contributed by atoms with E-state index in [0.717, 1.165) is 25.4 Å². The van der Waals surface area contributed by atoms with Crippen LogP contribution in [0.3, 0.4) is 0 Å². The highest BCUT2D eigenvalue weighted by molar-refractivity contribution is 5.31. The minimum absolute atomic E-state index is 0.363. The summed E-state index contributed by atoms with van der Waals surface area (Å²) < 4.78 is 0. The summed E-state index contributed by atoms with van der Waals surface area (Å²) in [6.45, 7) is 2.33. The zero-order valence-corrected chi connectivity index (χ0v) is 15.0. The molecule has 1 aliphatic rings. The standard InChI is InChI=1S/C23H28N2/c24-17-9-3-4-10-20-15-18-25(19-16-20)23(21-11-5-1-6-12-21)22-13-7-2-8-14-22/h1-2,5-8,11-14,20,23H,3-4,9-10,15-16,18-19H2. The van der Waals surface area contributed by atoms with Crippen molar-refractivity contribution in [3.8, 4) is 6.07 Å². The first-order valence-electron chi connectivity index (χ1n) is 9.59. The quantitative estimate of drug-likeness (QED) is 0.620. The normalized spacial score (nSPS) is 16.0. The van der Waals surface area contributed by atoms with Gasteiger partial charge in [-0.1, -0.05) is 73.5 Å². The molecule has 0 spiro atoms. The fourth-order valence-electron chi connectivity index (χ4n) is 4.02. The Bertz CT molecular complexity index is 612. The zero-order chi connectivity index (χ0) is 17.3. The third kappa shape index (κ3) is 4.94. The number of piperidine rings is 1. The number of nitrogens with zero attached hydrogens (tertiary/aromatic N) is 2. The SMILES string of the molecule is N#CCCCCC1CCN(C(c2ccccc2)c2ccccc2)CC1. The summed E-state index contributed by atoms with van der Waals surface area (Å²) in [5, 5.41) is 8.66. The first kappa shape index (κ1) is 17.7. The van der Waals surface area contributed by atoms with Crippen LogP contribution in [0.25, 0.3) is 0 Å². The molecule has 2 aromatic carbocycles. The minimum atomic E-state index is 0.363. The van der Waals surface area contributed by atoms with Gasteiger partial charge in [0, 0.05) is 6.42 Å². The molecule has 0 radical (unpaired) electrons. The number of benzene rings is 2. The molecule has 0 saturated carbocycles. The topological polar surface area (TPSA) is 27.0 Å². The van der Waals surface area contributed by atoms with Crippen molar-refractivity contribution in [2.24, 2.45) is 5.92 Å². The second-order valence-corrected chi connectivity index (χ2v) is 7.11. The van der Waals surface area contributed by atoms with E-state index in [1.54, 1.807) is 0 Å². The van der Waals surface area contributed by atoms with E-state index in [9.17, 15) is 0 Å². The van der Waals surface area contributed by atoms with Crippen LogP contribution in [-0.2, 0) is 0 Å². The molecule has 2 aromatic rings. The molecule has 0 aliphatic carbocycles. The van der Waals surface area contributed by atoms with Crippen LogP contribution in [0.2, 0.25) is 0 Å². The Labute approximate surface area is 152 Å². The lowest BCUT2D eigenvalue weighted by molar-refractivity contribution is 0.146. The second-order valence-electron chi connectivity index (χ2n) is 7.11. The Hall–Kier alpha value is -2.11. The molecule has 1 heterocycles. The van der Waals surface area contributed by atoms with Gasteiger partial charge in [-0.15, -0.1) is 0 Å². The van der Waals surface area contributed by atoms with Crippen LogP contribution >= 0.6 is 0 Å². The first-order valence-corrected chi connectivity index (χ1v) is 9.59. The number of nitriles is 1. The molecule has 2 heteroatoms. The summed E-state index contributed by atoms with van der Waals surface area (Å²) >= 11 is 0. The van der Waals surface area contributed by atoms with Crippen molar-refractivity contribution in [1.82, 2.24) is 4.90 Å². The predicted octanol–water partition coefficient (Wildman–Crippen LogP) is 5.57. The Kier molecular flexibility index (Phi) is 6.65. The van der Waals surface area contributed by atoms with Gasteiger partial charge in [-0.05, 0) is 49.4 Å². The lowest BCUT2D eigenvalue weighted by Crippen LogP contribution is -2.37. The van der Waals surface area contributed by atoms with Crippen molar-refractivity contribution < 1.29 is 0 Å². The van der Waals surface area contributed by atoms with Gasteiger partial charge in [-0.3, -0.25) is 4.90 Å². The summed E-state index contributed by atoms with van der Waals surface area (Å²) in [6.07, 6.45) is 6.83. The molecule has 25 heavy (non-hydrogen) atoms. The van der Waals surface area contributed by atoms with Crippen molar-refractivity contribution in [2.75, 3.05) is 13.1 Å². The largest absolute Gasteiger partial charge is 0.292 e. The molecule has 0 aromatic heterocycles. The average molecular weight is 332 g/mol. The van der Waals surface area contributed by atoms with Gasteiger partial charge in [0.2, 0.25) is 0 Å². The van der Waals surface area contributed by atoms with Crippen molar-refractivity contribution in [2.45, 2.75) is 44.6 Å². The highest BCUT2D eigenvalue weighted by atomic mass is 15.2. The fourth-order valence-corrected chi connectivity index (χ4v) is 4.02. The van der Waals surface area contributed by atoms with E-state index < -0.39 is 0 Å². The summed E-state index contributed by atoms with van der Waals surface area (Å²) in [4.78, 5) is 2.65. The lowest BCUT2D eigenvalue weighted by Gasteiger charge is -2.38. The maximum atomic E-state index is 8.66. The van der Waals surface area contributed by atoms with E-state index >= 15 is 0 Å². The molecular formula is C23H28N2. The van der Waals surface area contributed by atoms with Gasteiger partial charge in [0.05, 0.1) is 12.1 Å². The number of unbranched alkanes of at least 4 members (excludes halogenated alkanes) is 2. The molecule has 3 rings (SSSR count). The molecule has 1 saturated heterocycles. The number of likely N-dealkylation sites (tertiary alicyclic amines) is 1. The zero-order valence-electron chi connectivity index (χ0n) is 15.0. The van der Waals surface area contributed by atoms with Gasteiger partial charge < -0.3 is 0 Å². The molecule has 0 atom stereocenters. The summed E-state index contributed by atoms with van der Waals surface area (Å²) in [5.74, 6) is 0.835. The van der Waals surface area contributed by atoms with Gasteiger partial charge in [-0.25, -0.2) is 0 Å². The maximum Gasteiger partial charge on any atom is 0.0621 e. The molecule has 1 aliphatic heterocycles. The summed E-state index contributed by atoms with van der Waals surface area (Å²) in [6, 6.07) is 24.4. The molecule has 130 valence electrons.